The zero-order valence-electron chi connectivity index (χ0n) is 10.8. The van der Waals surface area contributed by atoms with Gasteiger partial charge in [-0.05, 0) is 35.6 Å². The van der Waals surface area contributed by atoms with Crippen molar-refractivity contribution in [2.75, 3.05) is 0 Å². The molecule has 1 aliphatic carbocycles. The van der Waals surface area contributed by atoms with Crippen molar-refractivity contribution in [3.63, 3.8) is 0 Å². The first kappa shape index (κ1) is 11.7. The molecule has 1 aromatic heterocycles. The van der Waals surface area contributed by atoms with Gasteiger partial charge in [-0.1, -0.05) is 37.6 Å². The smallest absolute Gasteiger partial charge is 0.0346 e. The van der Waals surface area contributed by atoms with Crippen LogP contribution in [-0.4, -0.2) is 4.98 Å². The Morgan fingerprint density at radius 3 is 2.83 bits per heavy atom. The lowest BCUT2D eigenvalue weighted by molar-refractivity contribution is 0.430. The second-order valence-electron chi connectivity index (χ2n) is 5.65. The third-order valence-corrected chi connectivity index (χ3v) is 4.30. The molecule has 0 amide bonds. The fraction of sp³-hybridized carbons (Fsp3) is 0.438. The molecule has 1 aromatic carbocycles. The number of rotatable bonds is 2. The normalized spacial score (nSPS) is 25.4. The number of nitrogens with zero attached hydrogens (tertiary/aromatic N) is 1. The monoisotopic (exact) mass is 240 g/mol. The zero-order valence-corrected chi connectivity index (χ0v) is 10.8. The Bertz CT molecular complexity index is 544. The molecule has 1 saturated carbocycles. The minimum absolute atomic E-state index is 0.133. The summed E-state index contributed by atoms with van der Waals surface area (Å²) in [4.78, 5) is 4.34. The van der Waals surface area contributed by atoms with Gasteiger partial charge in [-0.15, -0.1) is 0 Å². The van der Waals surface area contributed by atoms with Crippen LogP contribution in [0, 0.1) is 11.8 Å². The SMILES string of the molecule is CC1CCC(C(N)c2cncc3ccccc23)C1. The van der Waals surface area contributed by atoms with Crippen molar-refractivity contribution in [3.8, 4) is 0 Å². The zero-order chi connectivity index (χ0) is 12.5. The number of hydrogen-bond acceptors (Lipinski definition) is 2. The van der Waals surface area contributed by atoms with Crippen LogP contribution in [0.1, 0.15) is 37.8 Å². The van der Waals surface area contributed by atoms with Crippen LogP contribution in [0.2, 0.25) is 0 Å². The van der Waals surface area contributed by atoms with Crippen LogP contribution >= 0.6 is 0 Å². The van der Waals surface area contributed by atoms with E-state index < -0.39 is 0 Å². The second-order valence-corrected chi connectivity index (χ2v) is 5.65. The van der Waals surface area contributed by atoms with Gasteiger partial charge in [0.2, 0.25) is 0 Å². The summed E-state index contributed by atoms with van der Waals surface area (Å²) >= 11 is 0. The topological polar surface area (TPSA) is 38.9 Å². The highest BCUT2D eigenvalue weighted by atomic mass is 14.7. The molecule has 0 aliphatic heterocycles. The minimum atomic E-state index is 0.133. The third-order valence-electron chi connectivity index (χ3n) is 4.30. The molecule has 1 fully saturated rings. The van der Waals surface area contributed by atoms with Crippen molar-refractivity contribution >= 4 is 10.8 Å². The first-order valence-electron chi connectivity index (χ1n) is 6.84. The molecule has 1 aliphatic rings. The van der Waals surface area contributed by atoms with Crippen molar-refractivity contribution in [1.82, 2.24) is 4.98 Å². The van der Waals surface area contributed by atoms with Crippen molar-refractivity contribution in [2.45, 2.75) is 32.2 Å². The molecular formula is C16H20N2. The minimum Gasteiger partial charge on any atom is -0.324 e. The molecule has 2 nitrogen and oxygen atoms in total. The maximum atomic E-state index is 6.49. The van der Waals surface area contributed by atoms with E-state index in [4.69, 9.17) is 5.73 Å². The Hall–Kier alpha value is -1.41. The Morgan fingerprint density at radius 1 is 1.22 bits per heavy atom. The number of pyridine rings is 1. The first-order chi connectivity index (χ1) is 8.75. The summed E-state index contributed by atoms with van der Waals surface area (Å²) in [6.45, 7) is 2.33. The molecular weight excluding hydrogens is 220 g/mol. The van der Waals surface area contributed by atoms with Gasteiger partial charge in [-0.25, -0.2) is 0 Å². The van der Waals surface area contributed by atoms with E-state index in [9.17, 15) is 0 Å². The van der Waals surface area contributed by atoms with Crippen molar-refractivity contribution in [2.24, 2.45) is 17.6 Å². The summed E-state index contributed by atoms with van der Waals surface area (Å²) in [6.07, 6.45) is 7.70. The Kier molecular flexibility index (Phi) is 3.04. The van der Waals surface area contributed by atoms with Gasteiger partial charge >= 0.3 is 0 Å². The summed E-state index contributed by atoms with van der Waals surface area (Å²) in [5, 5.41) is 2.45. The van der Waals surface area contributed by atoms with Crippen LogP contribution in [-0.2, 0) is 0 Å². The van der Waals surface area contributed by atoms with Crippen molar-refractivity contribution < 1.29 is 0 Å². The van der Waals surface area contributed by atoms with E-state index in [1.807, 2.05) is 12.4 Å². The maximum absolute atomic E-state index is 6.49. The van der Waals surface area contributed by atoms with E-state index >= 15 is 0 Å². The Balaban J connectivity index is 1.98. The fourth-order valence-corrected chi connectivity index (χ4v) is 3.24. The van der Waals surface area contributed by atoms with Gasteiger partial charge in [0, 0.05) is 23.8 Å². The number of fused-ring (bicyclic) bond motifs is 1. The lowest BCUT2D eigenvalue weighted by atomic mass is 9.90. The molecule has 3 atom stereocenters. The first-order valence-corrected chi connectivity index (χ1v) is 6.84. The average Bonchev–Trinajstić information content (AvgIpc) is 2.84. The molecule has 0 bridgehead atoms. The van der Waals surface area contributed by atoms with E-state index in [1.54, 1.807) is 0 Å². The van der Waals surface area contributed by atoms with Crippen molar-refractivity contribution in [1.29, 1.82) is 0 Å². The largest absolute Gasteiger partial charge is 0.324 e. The van der Waals surface area contributed by atoms with Gasteiger partial charge < -0.3 is 5.73 Å². The molecule has 1 heterocycles. The molecule has 2 N–H and O–H groups in total. The highest BCUT2D eigenvalue weighted by molar-refractivity contribution is 5.85. The van der Waals surface area contributed by atoms with Crippen LogP contribution in [0.4, 0.5) is 0 Å². The lowest BCUT2D eigenvalue weighted by Crippen LogP contribution is -2.20. The summed E-state index contributed by atoms with van der Waals surface area (Å²) in [7, 11) is 0. The van der Waals surface area contributed by atoms with Gasteiger partial charge in [0.15, 0.2) is 0 Å². The van der Waals surface area contributed by atoms with E-state index in [0.717, 1.165) is 5.92 Å². The van der Waals surface area contributed by atoms with E-state index in [1.165, 1.54) is 35.6 Å². The quantitative estimate of drug-likeness (QED) is 0.869. The summed E-state index contributed by atoms with van der Waals surface area (Å²) < 4.78 is 0. The van der Waals surface area contributed by atoms with Crippen LogP contribution in [0.25, 0.3) is 10.8 Å². The number of hydrogen-bond donors (Lipinski definition) is 1. The van der Waals surface area contributed by atoms with E-state index in [2.05, 4.69) is 36.2 Å². The summed E-state index contributed by atoms with van der Waals surface area (Å²) in [5.41, 5.74) is 7.70. The van der Waals surface area contributed by atoms with Crippen molar-refractivity contribution in [3.05, 3.63) is 42.2 Å². The summed E-state index contributed by atoms with van der Waals surface area (Å²) in [5.74, 6) is 1.44. The average molecular weight is 240 g/mol. The number of aromatic nitrogens is 1. The molecule has 3 rings (SSSR count). The predicted molar refractivity (Wildman–Crippen MR) is 75.2 cm³/mol. The maximum Gasteiger partial charge on any atom is 0.0346 e. The predicted octanol–water partition coefficient (Wildman–Crippen LogP) is 3.67. The Morgan fingerprint density at radius 2 is 2.06 bits per heavy atom. The third kappa shape index (κ3) is 2.01. The number of nitrogens with two attached hydrogens (primary N) is 1. The van der Waals surface area contributed by atoms with Gasteiger partial charge in [-0.3, -0.25) is 4.98 Å². The number of benzene rings is 1. The molecule has 3 unspecified atom stereocenters. The highest BCUT2D eigenvalue weighted by Crippen LogP contribution is 2.39. The molecule has 18 heavy (non-hydrogen) atoms. The molecule has 0 saturated heterocycles. The van der Waals surface area contributed by atoms with E-state index in [-0.39, 0.29) is 6.04 Å². The molecule has 0 spiro atoms. The fourth-order valence-electron chi connectivity index (χ4n) is 3.24. The van der Waals surface area contributed by atoms with Crippen LogP contribution in [0.5, 0.6) is 0 Å². The van der Waals surface area contributed by atoms with Gasteiger partial charge in [-0.2, -0.15) is 0 Å². The molecule has 2 heteroatoms. The van der Waals surface area contributed by atoms with Gasteiger partial charge in [0.25, 0.3) is 0 Å². The Labute approximate surface area is 108 Å². The van der Waals surface area contributed by atoms with E-state index in [0.29, 0.717) is 5.92 Å². The van der Waals surface area contributed by atoms with Crippen LogP contribution in [0.15, 0.2) is 36.7 Å². The molecule has 2 aromatic rings. The van der Waals surface area contributed by atoms with Gasteiger partial charge in [0.05, 0.1) is 0 Å². The standard InChI is InChI=1S/C16H20N2/c1-11-6-7-12(8-11)16(17)15-10-18-9-13-4-2-3-5-14(13)15/h2-5,9-12,16H,6-8,17H2,1H3. The van der Waals surface area contributed by atoms with Gasteiger partial charge in [0.1, 0.15) is 0 Å². The molecule has 0 radical (unpaired) electrons. The van der Waals surface area contributed by atoms with Crippen LogP contribution < -0.4 is 5.73 Å². The highest BCUT2D eigenvalue weighted by Gasteiger charge is 2.28. The second kappa shape index (κ2) is 4.69. The summed E-state index contributed by atoms with van der Waals surface area (Å²) in [6, 6.07) is 8.53. The molecule has 94 valence electrons. The lowest BCUT2D eigenvalue weighted by Gasteiger charge is -2.20. The van der Waals surface area contributed by atoms with Crippen LogP contribution in [0.3, 0.4) is 0 Å².